The van der Waals surface area contributed by atoms with Crippen LogP contribution in [0.15, 0.2) is 12.1 Å². The molecule has 0 bridgehead atoms. The Morgan fingerprint density at radius 3 is 1.36 bits per heavy atom. The fraction of sp³-hybridized carbons (Fsp3) is 0.667. The second-order valence-electron chi connectivity index (χ2n) is 9.44. The first-order chi connectivity index (χ1) is 13.6. The van der Waals surface area contributed by atoms with Gasteiger partial charge in [-0.3, -0.25) is 9.59 Å². The molecule has 4 nitrogen and oxygen atoms in total. The first-order valence-corrected chi connectivity index (χ1v) is 11.2. The number of hydrogen-bond acceptors (Lipinski definition) is 4. The number of fused-ring (bicyclic) bond motifs is 2. The number of benzene rings is 1. The Kier molecular flexibility index (Phi) is 4.48. The van der Waals surface area contributed by atoms with Gasteiger partial charge < -0.3 is 9.47 Å². The summed E-state index contributed by atoms with van der Waals surface area (Å²) >= 11 is 0. The average molecular weight is 383 g/mol. The summed E-state index contributed by atoms with van der Waals surface area (Å²) < 4.78 is 13.0. The van der Waals surface area contributed by atoms with Gasteiger partial charge in [0.2, 0.25) is 0 Å². The van der Waals surface area contributed by atoms with Crippen LogP contribution in [-0.2, 0) is 0 Å². The minimum atomic E-state index is -0.354. The zero-order valence-electron chi connectivity index (χ0n) is 16.7. The van der Waals surface area contributed by atoms with Gasteiger partial charge in [-0.15, -0.1) is 0 Å². The summed E-state index contributed by atoms with van der Waals surface area (Å²) in [6, 6.07) is 3.61. The van der Waals surface area contributed by atoms with E-state index >= 15 is 0 Å². The number of carbonyl (C=O) groups excluding carboxylic acids is 2. The molecule has 0 radical (unpaired) electrons. The van der Waals surface area contributed by atoms with Gasteiger partial charge in [0.25, 0.3) is 0 Å². The monoisotopic (exact) mass is 382 g/mol. The van der Waals surface area contributed by atoms with Crippen LogP contribution in [0, 0.1) is 0 Å². The van der Waals surface area contributed by atoms with E-state index in [-0.39, 0.29) is 22.8 Å². The topological polar surface area (TPSA) is 52.6 Å². The molecule has 150 valence electrons. The summed E-state index contributed by atoms with van der Waals surface area (Å²) in [6.07, 6.45) is 14.0. The Morgan fingerprint density at radius 2 is 0.964 bits per heavy atom. The van der Waals surface area contributed by atoms with E-state index in [1.165, 1.54) is 25.7 Å². The summed E-state index contributed by atoms with van der Waals surface area (Å²) in [6.45, 7) is 0. The SMILES string of the molecule is O=C1CC2(CCCCCC2)Oc2cc3c(cc21)C(=O)CC1(CCCCCC1)O3. The molecule has 2 spiro atoms. The van der Waals surface area contributed by atoms with Crippen molar-refractivity contribution in [1.29, 1.82) is 0 Å². The number of Topliss-reactive ketones (excluding diaryl/α,β-unsaturated/α-hetero) is 2. The van der Waals surface area contributed by atoms with Gasteiger partial charge in [-0.05, 0) is 57.4 Å². The molecule has 4 aliphatic rings. The van der Waals surface area contributed by atoms with Crippen molar-refractivity contribution < 1.29 is 19.1 Å². The highest BCUT2D eigenvalue weighted by atomic mass is 16.5. The molecule has 0 N–H and O–H groups in total. The maximum Gasteiger partial charge on any atom is 0.170 e. The van der Waals surface area contributed by atoms with Crippen LogP contribution in [0.25, 0.3) is 0 Å². The molecule has 4 heteroatoms. The van der Waals surface area contributed by atoms with Gasteiger partial charge in [-0.2, -0.15) is 0 Å². The molecule has 2 heterocycles. The van der Waals surface area contributed by atoms with E-state index in [4.69, 9.17) is 9.47 Å². The Bertz CT molecular complexity index is 730. The summed E-state index contributed by atoms with van der Waals surface area (Å²) in [5.74, 6) is 1.51. The van der Waals surface area contributed by atoms with Crippen molar-refractivity contribution in [2.24, 2.45) is 0 Å². The maximum absolute atomic E-state index is 13.0. The predicted octanol–water partition coefficient (Wildman–Crippen LogP) is 5.80. The zero-order valence-corrected chi connectivity index (χ0v) is 16.7. The number of rotatable bonds is 0. The van der Waals surface area contributed by atoms with Gasteiger partial charge in [0.15, 0.2) is 11.6 Å². The van der Waals surface area contributed by atoms with Gasteiger partial charge in [0, 0.05) is 6.07 Å². The Labute approximate surface area is 167 Å². The quantitative estimate of drug-likeness (QED) is 0.569. The molecule has 0 amide bonds. The summed E-state index contributed by atoms with van der Waals surface area (Å²) in [7, 11) is 0. The third-order valence-electron chi connectivity index (χ3n) is 7.33. The van der Waals surface area contributed by atoms with Crippen LogP contribution in [0.5, 0.6) is 11.5 Å². The van der Waals surface area contributed by atoms with Crippen LogP contribution >= 0.6 is 0 Å². The number of hydrogen-bond donors (Lipinski definition) is 0. The molecule has 0 saturated heterocycles. The van der Waals surface area contributed by atoms with Gasteiger partial charge in [-0.1, -0.05) is 25.7 Å². The van der Waals surface area contributed by atoms with Crippen molar-refractivity contribution in [3.8, 4) is 11.5 Å². The van der Waals surface area contributed by atoms with E-state index in [0.717, 1.165) is 51.4 Å². The van der Waals surface area contributed by atoms with E-state index in [9.17, 15) is 9.59 Å². The summed E-state index contributed by atoms with van der Waals surface area (Å²) in [4.78, 5) is 25.9. The largest absolute Gasteiger partial charge is 0.486 e. The van der Waals surface area contributed by atoms with Crippen LogP contribution in [0.2, 0.25) is 0 Å². The third kappa shape index (κ3) is 3.15. The summed E-state index contributed by atoms with van der Waals surface area (Å²) in [5, 5.41) is 0. The van der Waals surface area contributed by atoms with Gasteiger partial charge in [-0.25, -0.2) is 0 Å². The number of ether oxygens (including phenoxy) is 2. The van der Waals surface area contributed by atoms with Gasteiger partial charge >= 0.3 is 0 Å². The van der Waals surface area contributed by atoms with E-state index in [1.54, 1.807) is 6.07 Å². The fourth-order valence-corrected chi connectivity index (χ4v) is 5.78. The Hall–Kier alpha value is -1.84. The molecule has 2 fully saturated rings. The van der Waals surface area contributed by atoms with Crippen LogP contribution in [0.3, 0.4) is 0 Å². The van der Waals surface area contributed by atoms with E-state index in [2.05, 4.69) is 0 Å². The second kappa shape index (κ2) is 6.89. The average Bonchev–Trinajstić information content (AvgIpc) is 3.01. The lowest BCUT2D eigenvalue weighted by Gasteiger charge is -2.40. The van der Waals surface area contributed by atoms with Crippen molar-refractivity contribution in [2.75, 3.05) is 0 Å². The molecule has 5 rings (SSSR count). The van der Waals surface area contributed by atoms with Crippen molar-refractivity contribution in [3.63, 3.8) is 0 Å². The molecule has 28 heavy (non-hydrogen) atoms. The molecule has 2 saturated carbocycles. The van der Waals surface area contributed by atoms with E-state index in [1.807, 2.05) is 6.07 Å². The molecule has 0 unspecified atom stereocenters. The predicted molar refractivity (Wildman–Crippen MR) is 106 cm³/mol. The highest BCUT2D eigenvalue weighted by Crippen LogP contribution is 2.47. The third-order valence-corrected chi connectivity index (χ3v) is 7.33. The van der Waals surface area contributed by atoms with Crippen LogP contribution in [-0.4, -0.2) is 22.8 Å². The molecular formula is C24H30O4. The number of carbonyl (C=O) groups is 2. The van der Waals surface area contributed by atoms with Crippen LogP contribution in [0.4, 0.5) is 0 Å². The lowest BCUT2D eigenvalue weighted by molar-refractivity contribution is 0.0234. The normalized spacial score (nSPS) is 25.9. The molecular weight excluding hydrogens is 352 g/mol. The van der Waals surface area contributed by atoms with E-state index < -0.39 is 0 Å². The van der Waals surface area contributed by atoms with Crippen molar-refractivity contribution in [1.82, 2.24) is 0 Å². The minimum absolute atomic E-state index is 0.119. The van der Waals surface area contributed by atoms with Crippen molar-refractivity contribution in [3.05, 3.63) is 23.3 Å². The molecule has 0 aromatic heterocycles. The highest BCUT2D eigenvalue weighted by Gasteiger charge is 2.44. The molecule has 1 aromatic carbocycles. The van der Waals surface area contributed by atoms with Crippen LogP contribution < -0.4 is 9.47 Å². The first-order valence-electron chi connectivity index (χ1n) is 11.2. The van der Waals surface area contributed by atoms with E-state index in [0.29, 0.717) is 35.5 Å². The minimum Gasteiger partial charge on any atom is -0.486 e. The zero-order chi connectivity index (χ0) is 19.2. The molecule has 2 aliphatic heterocycles. The standard InChI is InChI=1S/C24H30O4/c25-19-15-23(9-5-1-2-6-10-23)27-21-14-22-18(13-17(19)21)20(26)16-24(28-22)11-7-3-4-8-12-24/h13-14H,1-12,15-16H2. The molecule has 1 aromatic rings. The lowest BCUT2D eigenvalue weighted by Crippen LogP contribution is -2.43. The maximum atomic E-state index is 13.0. The van der Waals surface area contributed by atoms with Crippen molar-refractivity contribution >= 4 is 11.6 Å². The molecule has 0 atom stereocenters. The Balaban J connectivity index is 1.50. The van der Waals surface area contributed by atoms with Gasteiger partial charge in [0.05, 0.1) is 24.0 Å². The highest BCUT2D eigenvalue weighted by molar-refractivity contribution is 6.06. The smallest absolute Gasteiger partial charge is 0.170 e. The van der Waals surface area contributed by atoms with Gasteiger partial charge in [0.1, 0.15) is 22.7 Å². The fourth-order valence-electron chi connectivity index (χ4n) is 5.78. The van der Waals surface area contributed by atoms with Crippen LogP contribution in [0.1, 0.15) is 111 Å². The second-order valence-corrected chi connectivity index (χ2v) is 9.44. The molecule has 2 aliphatic carbocycles. The summed E-state index contributed by atoms with van der Waals surface area (Å²) in [5.41, 5.74) is 0.436. The van der Waals surface area contributed by atoms with Crippen molar-refractivity contribution in [2.45, 2.75) is 101 Å². The Morgan fingerprint density at radius 1 is 0.571 bits per heavy atom. The first kappa shape index (κ1) is 18.2. The number of ketones is 2. The lowest BCUT2D eigenvalue weighted by atomic mass is 9.81.